The van der Waals surface area contributed by atoms with Gasteiger partial charge in [-0.3, -0.25) is 0 Å². The Hall–Kier alpha value is -0.664. The Morgan fingerprint density at radius 2 is 1.38 bits per heavy atom. The van der Waals surface area contributed by atoms with E-state index in [2.05, 4.69) is 0 Å². The van der Waals surface area contributed by atoms with Crippen molar-refractivity contribution >= 4 is 19.8 Å². The van der Waals surface area contributed by atoms with Gasteiger partial charge in [0, 0.05) is 0 Å². The largest absolute Gasteiger partial charge is 3.00 e. The first-order valence-corrected chi connectivity index (χ1v) is 8.55. The van der Waals surface area contributed by atoms with Crippen molar-refractivity contribution in [3.8, 4) is 11.5 Å². The number of nitrogens with zero attached hydrogens (tertiary/aromatic N) is 1. The second-order valence-corrected chi connectivity index (χ2v) is 5.67. The van der Waals surface area contributed by atoms with Gasteiger partial charge in [-0.15, -0.1) is 13.2 Å². The van der Waals surface area contributed by atoms with Crippen LogP contribution in [-0.2, 0) is 0 Å². The quantitative estimate of drug-likeness (QED) is 0.332. The Kier molecular flexibility index (Phi) is 15.4. The van der Waals surface area contributed by atoms with Gasteiger partial charge >= 0.3 is 19.8 Å². The summed E-state index contributed by atoms with van der Waals surface area (Å²) < 4.78 is 5.47. The molecule has 0 atom stereocenters. The fourth-order valence-corrected chi connectivity index (χ4v) is 2.49. The SMILES string of the molecule is [Ga+3].[O-]CCN(CC[O-])CCCCCCCCOc1ccccc1[O-]. The Morgan fingerprint density at radius 3 is 2.00 bits per heavy atom. The van der Waals surface area contributed by atoms with E-state index in [1.807, 2.05) is 4.90 Å². The minimum absolute atomic E-state index is 0. The molecule has 0 saturated carbocycles. The number of ether oxygens (including phenoxy) is 1. The third-order valence-electron chi connectivity index (χ3n) is 3.79. The summed E-state index contributed by atoms with van der Waals surface area (Å²) in [6.45, 7) is 2.15. The average molecular weight is 392 g/mol. The van der Waals surface area contributed by atoms with Gasteiger partial charge in [-0.2, -0.15) is 0 Å². The molecule has 0 aromatic heterocycles. The van der Waals surface area contributed by atoms with Gasteiger partial charge in [-0.05, 0) is 38.5 Å². The van der Waals surface area contributed by atoms with Gasteiger partial charge in [-0.1, -0.05) is 49.6 Å². The first-order valence-electron chi connectivity index (χ1n) is 8.55. The average Bonchev–Trinajstić information content (AvgIpc) is 2.55. The van der Waals surface area contributed by atoms with Crippen molar-refractivity contribution in [1.29, 1.82) is 0 Å². The van der Waals surface area contributed by atoms with E-state index < -0.39 is 0 Å². The van der Waals surface area contributed by atoms with Crippen molar-refractivity contribution in [2.45, 2.75) is 38.5 Å². The molecule has 6 heteroatoms. The van der Waals surface area contributed by atoms with Gasteiger partial charge in [0.2, 0.25) is 0 Å². The van der Waals surface area contributed by atoms with Crippen molar-refractivity contribution in [3.63, 3.8) is 0 Å². The minimum atomic E-state index is -0.132. The number of benzene rings is 1. The monoisotopic (exact) mass is 391 g/mol. The molecule has 0 saturated heterocycles. The van der Waals surface area contributed by atoms with Crippen molar-refractivity contribution in [2.24, 2.45) is 0 Å². The number of hydrogen-bond donors (Lipinski definition) is 0. The molecule has 1 aromatic rings. The van der Waals surface area contributed by atoms with Crippen molar-refractivity contribution < 1.29 is 20.1 Å². The summed E-state index contributed by atoms with van der Waals surface area (Å²) in [6, 6.07) is 6.74. The van der Waals surface area contributed by atoms with Crippen LogP contribution in [0.4, 0.5) is 0 Å². The molecule has 0 aliphatic rings. The summed E-state index contributed by atoms with van der Waals surface area (Å²) in [4.78, 5) is 1.97. The smallest absolute Gasteiger partial charge is 0.870 e. The van der Waals surface area contributed by atoms with E-state index in [1.54, 1.807) is 18.2 Å². The van der Waals surface area contributed by atoms with Crippen LogP contribution >= 0.6 is 0 Å². The van der Waals surface area contributed by atoms with E-state index in [0.717, 1.165) is 45.1 Å². The Morgan fingerprint density at radius 1 is 0.792 bits per heavy atom. The van der Waals surface area contributed by atoms with Crippen LogP contribution in [0.2, 0.25) is 0 Å². The maximum atomic E-state index is 11.4. The van der Waals surface area contributed by atoms with Crippen LogP contribution in [0.25, 0.3) is 0 Å². The normalized spacial score (nSPS) is 10.6. The van der Waals surface area contributed by atoms with Crippen LogP contribution in [0.1, 0.15) is 38.5 Å². The van der Waals surface area contributed by atoms with Crippen molar-refractivity contribution in [1.82, 2.24) is 4.90 Å². The number of para-hydroxylation sites is 2. The van der Waals surface area contributed by atoms with Gasteiger partial charge in [0.25, 0.3) is 0 Å². The van der Waals surface area contributed by atoms with E-state index in [-0.39, 0.29) is 38.8 Å². The molecular weight excluding hydrogens is 364 g/mol. The van der Waals surface area contributed by atoms with Crippen LogP contribution in [0.5, 0.6) is 11.5 Å². The summed E-state index contributed by atoms with van der Waals surface area (Å²) in [6.07, 6.45) is 6.50. The summed E-state index contributed by atoms with van der Waals surface area (Å²) in [5.74, 6) is 0.373. The van der Waals surface area contributed by atoms with E-state index in [1.165, 1.54) is 6.07 Å². The molecule has 0 aliphatic carbocycles. The van der Waals surface area contributed by atoms with Crippen molar-refractivity contribution in [2.75, 3.05) is 39.5 Å². The molecule has 0 unspecified atom stereocenters. The topological polar surface area (TPSA) is 81.7 Å². The minimum Gasteiger partial charge on any atom is -0.870 e. The van der Waals surface area contributed by atoms with E-state index in [0.29, 0.717) is 25.4 Å². The third-order valence-corrected chi connectivity index (χ3v) is 3.79. The summed E-state index contributed by atoms with van der Waals surface area (Å²) in [5.41, 5.74) is 0. The molecule has 5 nitrogen and oxygen atoms in total. The molecule has 0 bridgehead atoms. The predicted octanol–water partition coefficient (Wildman–Crippen LogP) is 0.121. The van der Waals surface area contributed by atoms with Crippen LogP contribution in [-0.4, -0.2) is 64.1 Å². The van der Waals surface area contributed by atoms with E-state index in [9.17, 15) is 15.3 Å². The zero-order valence-corrected chi connectivity index (χ0v) is 16.9. The molecule has 24 heavy (non-hydrogen) atoms. The van der Waals surface area contributed by atoms with Gasteiger partial charge < -0.3 is 25.0 Å². The molecule has 1 aromatic carbocycles. The molecule has 0 spiro atoms. The second-order valence-electron chi connectivity index (χ2n) is 5.67. The zero-order valence-electron chi connectivity index (χ0n) is 14.5. The van der Waals surface area contributed by atoms with Crippen molar-refractivity contribution in [3.05, 3.63) is 24.3 Å². The summed E-state index contributed by atoms with van der Waals surface area (Å²) >= 11 is 0. The van der Waals surface area contributed by atoms with Crippen LogP contribution in [0, 0.1) is 0 Å². The number of unbranched alkanes of at least 4 members (excludes halogenated alkanes) is 5. The molecule has 0 N–H and O–H groups in total. The number of hydrogen-bond acceptors (Lipinski definition) is 5. The van der Waals surface area contributed by atoms with Crippen LogP contribution in [0.3, 0.4) is 0 Å². The Labute approximate surface area is 158 Å². The van der Waals surface area contributed by atoms with E-state index in [4.69, 9.17) is 4.74 Å². The standard InChI is InChI=1S/C18H29NO4.Ga/c20-14-12-19(13-15-21)11-7-3-1-2-4-8-16-23-18-10-6-5-9-17(18)22;/h5-6,9-10,22H,1-4,7-8,11-16H2;/q-2;+3/p-1. The zero-order chi connectivity index (χ0) is 16.8. The maximum absolute atomic E-state index is 11.4. The molecule has 0 radical (unpaired) electrons. The summed E-state index contributed by atoms with van der Waals surface area (Å²) in [7, 11) is 0. The predicted molar refractivity (Wildman–Crippen MR) is 91.0 cm³/mol. The maximum Gasteiger partial charge on any atom is 3.00 e. The summed E-state index contributed by atoms with van der Waals surface area (Å²) in [5, 5.41) is 32.6. The molecule has 0 aliphatic heterocycles. The molecule has 0 heterocycles. The van der Waals surface area contributed by atoms with Crippen LogP contribution in [0.15, 0.2) is 24.3 Å². The van der Waals surface area contributed by atoms with Crippen LogP contribution < -0.4 is 20.1 Å². The number of rotatable bonds is 14. The van der Waals surface area contributed by atoms with Gasteiger partial charge in [0.15, 0.2) is 0 Å². The Balaban J connectivity index is 0.00000529. The fourth-order valence-electron chi connectivity index (χ4n) is 2.49. The molecule has 0 amide bonds. The third kappa shape index (κ3) is 11.0. The van der Waals surface area contributed by atoms with Gasteiger partial charge in [0.05, 0.1) is 6.61 Å². The van der Waals surface area contributed by atoms with Gasteiger partial charge in [-0.25, -0.2) is 0 Å². The van der Waals surface area contributed by atoms with E-state index >= 15 is 0 Å². The first-order chi connectivity index (χ1) is 11.3. The fraction of sp³-hybridized carbons (Fsp3) is 0.667. The molecule has 1 rings (SSSR count). The van der Waals surface area contributed by atoms with Gasteiger partial charge in [0.1, 0.15) is 5.75 Å². The second kappa shape index (κ2) is 15.8. The Bertz CT molecular complexity index is 400. The first kappa shape index (κ1) is 23.3. The molecular formula is C18H28GaNO4. The molecule has 132 valence electrons. The molecule has 0 fully saturated rings.